The minimum absolute atomic E-state index is 0.195. The van der Waals surface area contributed by atoms with Crippen LogP contribution in [0.25, 0.3) is 0 Å². The van der Waals surface area contributed by atoms with Crippen molar-refractivity contribution in [2.45, 2.75) is 31.9 Å². The Balaban J connectivity index is 2.36. The fourth-order valence-electron chi connectivity index (χ4n) is 2.92. The highest BCUT2D eigenvalue weighted by molar-refractivity contribution is 8.25. The first-order valence-electron chi connectivity index (χ1n) is 9.19. The molecule has 5 nitrogen and oxygen atoms in total. The van der Waals surface area contributed by atoms with Gasteiger partial charge >= 0.3 is 5.97 Å². The summed E-state index contributed by atoms with van der Waals surface area (Å²) in [7, 11) is 1.43. The number of thioether (sulfide) groups is 1. The molecule has 0 radical (unpaired) electrons. The molecule has 0 bridgehead atoms. The molecule has 0 aliphatic heterocycles. The Labute approximate surface area is 186 Å². The van der Waals surface area contributed by atoms with Crippen molar-refractivity contribution in [3.05, 3.63) is 59.7 Å². The Bertz CT molecular complexity index is 982. The first-order chi connectivity index (χ1) is 14.1. The van der Waals surface area contributed by atoms with E-state index < -0.39 is 16.1 Å². The van der Waals surface area contributed by atoms with Gasteiger partial charge in [-0.1, -0.05) is 54.3 Å². The number of methoxy groups -OCH3 is 1. The molecule has 2 aromatic carbocycles. The van der Waals surface area contributed by atoms with E-state index in [-0.39, 0.29) is 17.9 Å². The molecule has 30 heavy (non-hydrogen) atoms. The Hall–Kier alpha value is -2.69. The highest BCUT2D eigenvalue weighted by atomic mass is 32.2. The van der Waals surface area contributed by atoms with Crippen LogP contribution < -0.4 is 9.47 Å². The van der Waals surface area contributed by atoms with Crippen molar-refractivity contribution in [1.29, 1.82) is 5.26 Å². The van der Waals surface area contributed by atoms with E-state index in [9.17, 15) is 14.9 Å². The summed E-state index contributed by atoms with van der Waals surface area (Å²) >= 11 is 6.77. The lowest BCUT2D eigenvalue weighted by atomic mass is 9.84. The van der Waals surface area contributed by atoms with Crippen molar-refractivity contribution >= 4 is 40.4 Å². The number of benzene rings is 2. The molecule has 2 aromatic rings. The van der Waals surface area contributed by atoms with Gasteiger partial charge in [-0.05, 0) is 51.0 Å². The Kier molecular flexibility index (Phi) is 7.77. The van der Waals surface area contributed by atoms with Gasteiger partial charge in [0, 0.05) is 5.56 Å². The second-order valence-corrected chi connectivity index (χ2v) is 9.76. The molecule has 7 heteroatoms. The number of nitriles is 1. The van der Waals surface area contributed by atoms with Crippen LogP contribution in [-0.2, 0) is 4.79 Å². The lowest BCUT2D eigenvalue weighted by Crippen LogP contribution is -2.40. The zero-order chi connectivity index (χ0) is 22.4. The van der Waals surface area contributed by atoms with Gasteiger partial charge in [0.25, 0.3) is 0 Å². The van der Waals surface area contributed by atoms with Gasteiger partial charge < -0.3 is 9.47 Å². The summed E-state index contributed by atoms with van der Waals surface area (Å²) in [6.07, 6.45) is 0.906. The van der Waals surface area contributed by atoms with E-state index in [2.05, 4.69) is 6.07 Å². The van der Waals surface area contributed by atoms with Crippen LogP contribution in [0, 0.1) is 16.7 Å². The van der Waals surface area contributed by atoms with Gasteiger partial charge in [0.05, 0.1) is 22.8 Å². The third-order valence-corrected chi connectivity index (χ3v) is 6.04. The minimum Gasteiger partial charge on any atom is -0.493 e. The maximum atomic E-state index is 13.3. The predicted octanol–water partition coefficient (Wildman–Crippen LogP) is 5.22. The number of carbonyl (C=O) groups excluding carboxylic acids is 2. The average molecular weight is 442 g/mol. The molecular weight excluding hydrogens is 418 g/mol. The molecule has 0 amide bonds. The monoisotopic (exact) mass is 441 g/mol. The quantitative estimate of drug-likeness (QED) is 0.240. The number of esters is 1. The molecule has 0 aromatic heterocycles. The SMILES string of the molecule is COc1cc(C=O)ccc1OC(=O)C(C)(CC(C)(C)C#N)SC(=S)c1ccccc1. The average Bonchev–Trinajstić information content (AvgIpc) is 2.74. The summed E-state index contributed by atoms with van der Waals surface area (Å²) in [5.74, 6) is -0.0861. The van der Waals surface area contributed by atoms with Gasteiger partial charge in [-0.15, -0.1) is 0 Å². The fraction of sp³-hybridized carbons (Fsp3) is 0.304. The molecule has 0 saturated heterocycles. The van der Waals surface area contributed by atoms with E-state index in [0.717, 1.165) is 5.56 Å². The van der Waals surface area contributed by atoms with Crippen LogP contribution in [0.4, 0.5) is 0 Å². The van der Waals surface area contributed by atoms with Crippen molar-refractivity contribution in [2.75, 3.05) is 7.11 Å². The largest absolute Gasteiger partial charge is 0.493 e. The maximum absolute atomic E-state index is 13.3. The smallest absolute Gasteiger partial charge is 0.327 e. The number of carbonyl (C=O) groups is 2. The lowest BCUT2D eigenvalue weighted by Gasteiger charge is -2.31. The molecule has 2 rings (SSSR count). The number of hydrogen-bond acceptors (Lipinski definition) is 7. The lowest BCUT2D eigenvalue weighted by molar-refractivity contribution is -0.137. The van der Waals surface area contributed by atoms with E-state index in [0.29, 0.717) is 16.0 Å². The first-order valence-corrected chi connectivity index (χ1v) is 10.4. The van der Waals surface area contributed by atoms with Crippen molar-refractivity contribution < 1.29 is 19.1 Å². The highest BCUT2D eigenvalue weighted by Gasteiger charge is 2.43. The number of thiocarbonyl (C=S) groups is 1. The Morgan fingerprint density at radius 3 is 2.40 bits per heavy atom. The van der Waals surface area contributed by atoms with Gasteiger partial charge in [0.15, 0.2) is 11.5 Å². The number of aldehydes is 1. The molecule has 1 unspecified atom stereocenters. The molecule has 0 saturated carbocycles. The zero-order valence-corrected chi connectivity index (χ0v) is 18.9. The molecule has 156 valence electrons. The molecule has 0 N–H and O–H groups in total. The van der Waals surface area contributed by atoms with Crippen LogP contribution in [0.5, 0.6) is 11.5 Å². The summed E-state index contributed by atoms with van der Waals surface area (Å²) in [5, 5.41) is 9.52. The van der Waals surface area contributed by atoms with Crippen molar-refractivity contribution in [2.24, 2.45) is 5.41 Å². The topological polar surface area (TPSA) is 76.4 Å². The third-order valence-electron chi connectivity index (χ3n) is 4.37. The van der Waals surface area contributed by atoms with Crippen molar-refractivity contribution in [3.63, 3.8) is 0 Å². The minimum atomic E-state index is -1.12. The zero-order valence-electron chi connectivity index (χ0n) is 17.3. The molecule has 0 spiro atoms. The van der Waals surface area contributed by atoms with Crippen LogP contribution in [-0.4, -0.2) is 28.3 Å². The van der Waals surface area contributed by atoms with Gasteiger partial charge in [-0.3, -0.25) is 9.59 Å². The number of rotatable bonds is 8. The van der Waals surface area contributed by atoms with Crippen LogP contribution >= 0.6 is 24.0 Å². The number of nitrogens with zero attached hydrogens (tertiary/aromatic N) is 1. The van der Waals surface area contributed by atoms with Gasteiger partial charge in [-0.25, -0.2) is 0 Å². The number of ether oxygens (including phenoxy) is 2. The number of hydrogen-bond donors (Lipinski definition) is 0. The fourth-order valence-corrected chi connectivity index (χ4v) is 4.83. The van der Waals surface area contributed by atoms with E-state index >= 15 is 0 Å². The second-order valence-electron chi connectivity index (χ2n) is 7.58. The predicted molar refractivity (Wildman–Crippen MR) is 122 cm³/mol. The van der Waals surface area contributed by atoms with Crippen LogP contribution in [0.2, 0.25) is 0 Å². The van der Waals surface area contributed by atoms with Gasteiger partial charge in [0.2, 0.25) is 0 Å². The summed E-state index contributed by atoms with van der Waals surface area (Å²) in [4.78, 5) is 24.3. The van der Waals surface area contributed by atoms with Crippen molar-refractivity contribution in [3.8, 4) is 17.6 Å². The highest BCUT2D eigenvalue weighted by Crippen LogP contribution is 2.41. The Morgan fingerprint density at radius 2 is 1.83 bits per heavy atom. The molecule has 0 aliphatic rings. The van der Waals surface area contributed by atoms with E-state index in [4.69, 9.17) is 21.7 Å². The molecule has 0 heterocycles. The van der Waals surface area contributed by atoms with Gasteiger partial charge in [0.1, 0.15) is 11.0 Å². The third kappa shape index (κ3) is 5.91. The second kappa shape index (κ2) is 9.88. The van der Waals surface area contributed by atoms with Crippen molar-refractivity contribution in [1.82, 2.24) is 0 Å². The van der Waals surface area contributed by atoms with E-state index in [1.165, 1.54) is 37.1 Å². The summed E-state index contributed by atoms with van der Waals surface area (Å²) < 4.78 is 10.3. The summed E-state index contributed by atoms with van der Waals surface area (Å²) in [6, 6.07) is 16.2. The van der Waals surface area contributed by atoms with Gasteiger partial charge in [-0.2, -0.15) is 5.26 Å². The standard InChI is InChI=1S/C23H23NO4S2/c1-22(2,15-24)14-23(3,30-20(29)17-8-6-5-7-9-17)21(26)28-18-11-10-16(13-25)12-19(18)27-4/h5-13H,14H2,1-4H3. The molecule has 0 fully saturated rings. The molecule has 0 aliphatic carbocycles. The van der Waals surface area contributed by atoms with Crippen LogP contribution in [0.3, 0.4) is 0 Å². The first kappa shape index (κ1) is 23.6. The maximum Gasteiger partial charge on any atom is 0.327 e. The molecule has 1 atom stereocenters. The van der Waals surface area contributed by atoms with Crippen LogP contribution in [0.15, 0.2) is 48.5 Å². The summed E-state index contributed by atoms with van der Waals surface area (Å²) in [5.41, 5.74) is 0.442. The van der Waals surface area contributed by atoms with E-state index in [1.54, 1.807) is 20.8 Å². The summed E-state index contributed by atoms with van der Waals surface area (Å²) in [6.45, 7) is 5.26. The molecular formula is C23H23NO4S2. The van der Waals surface area contributed by atoms with Crippen LogP contribution in [0.1, 0.15) is 43.1 Å². The Morgan fingerprint density at radius 1 is 1.17 bits per heavy atom. The van der Waals surface area contributed by atoms with E-state index in [1.807, 2.05) is 30.3 Å². The normalized spacial score (nSPS) is 12.9.